The standard InChI is InChI=1S/C12H12F2N2O/c1-2-15-6-8-7-17-12(16-8)9-4-3-5-10(13)11(9)14/h3-5,7,15H,2,6H2,1H3. The van der Waals surface area contributed by atoms with Gasteiger partial charge in [-0.3, -0.25) is 0 Å². The summed E-state index contributed by atoms with van der Waals surface area (Å²) < 4.78 is 31.6. The van der Waals surface area contributed by atoms with Gasteiger partial charge in [-0.15, -0.1) is 0 Å². The average Bonchev–Trinajstić information content (AvgIpc) is 2.78. The number of aromatic nitrogens is 1. The summed E-state index contributed by atoms with van der Waals surface area (Å²) in [7, 11) is 0. The number of nitrogens with zero attached hydrogens (tertiary/aromatic N) is 1. The molecule has 0 radical (unpaired) electrons. The van der Waals surface area contributed by atoms with Gasteiger partial charge in [-0.1, -0.05) is 13.0 Å². The molecule has 0 amide bonds. The largest absolute Gasteiger partial charge is 0.444 e. The number of hydrogen-bond donors (Lipinski definition) is 1. The van der Waals surface area contributed by atoms with Crippen LogP contribution < -0.4 is 5.32 Å². The fraction of sp³-hybridized carbons (Fsp3) is 0.250. The summed E-state index contributed by atoms with van der Waals surface area (Å²) in [5, 5.41) is 3.07. The minimum Gasteiger partial charge on any atom is -0.444 e. The van der Waals surface area contributed by atoms with E-state index in [0.717, 1.165) is 12.6 Å². The van der Waals surface area contributed by atoms with E-state index in [9.17, 15) is 8.78 Å². The number of halogens is 2. The third-order valence-electron chi connectivity index (χ3n) is 2.29. The Bertz CT molecular complexity index is 511. The van der Waals surface area contributed by atoms with Crippen molar-refractivity contribution in [3.05, 3.63) is 41.8 Å². The molecule has 0 bridgehead atoms. The van der Waals surface area contributed by atoms with Gasteiger partial charge >= 0.3 is 0 Å². The van der Waals surface area contributed by atoms with Crippen LogP contribution in [0.3, 0.4) is 0 Å². The SMILES string of the molecule is CCNCc1coc(-c2cccc(F)c2F)n1. The van der Waals surface area contributed by atoms with Gasteiger partial charge in [0.2, 0.25) is 5.89 Å². The number of oxazole rings is 1. The maximum atomic E-state index is 13.5. The molecule has 0 aliphatic carbocycles. The van der Waals surface area contributed by atoms with E-state index in [4.69, 9.17) is 4.42 Å². The Kier molecular flexibility index (Phi) is 3.49. The zero-order valence-electron chi connectivity index (χ0n) is 9.34. The van der Waals surface area contributed by atoms with Crippen molar-refractivity contribution in [2.24, 2.45) is 0 Å². The van der Waals surface area contributed by atoms with E-state index in [-0.39, 0.29) is 11.5 Å². The third-order valence-corrected chi connectivity index (χ3v) is 2.29. The molecule has 0 aliphatic heterocycles. The zero-order valence-corrected chi connectivity index (χ0v) is 9.34. The fourth-order valence-electron chi connectivity index (χ4n) is 1.43. The lowest BCUT2D eigenvalue weighted by molar-refractivity contribution is 0.502. The molecule has 90 valence electrons. The van der Waals surface area contributed by atoms with E-state index >= 15 is 0 Å². The van der Waals surface area contributed by atoms with Crippen molar-refractivity contribution >= 4 is 0 Å². The molecular formula is C12H12F2N2O. The van der Waals surface area contributed by atoms with Gasteiger partial charge in [0, 0.05) is 6.54 Å². The highest BCUT2D eigenvalue weighted by Gasteiger charge is 2.14. The first-order chi connectivity index (χ1) is 8.22. The van der Waals surface area contributed by atoms with Crippen LogP contribution >= 0.6 is 0 Å². The van der Waals surface area contributed by atoms with Gasteiger partial charge in [-0.25, -0.2) is 13.8 Å². The van der Waals surface area contributed by atoms with Crippen molar-refractivity contribution in [2.45, 2.75) is 13.5 Å². The number of rotatable bonds is 4. The molecule has 1 N–H and O–H groups in total. The molecule has 2 rings (SSSR count). The second kappa shape index (κ2) is 5.05. The molecule has 1 heterocycles. The minimum atomic E-state index is -0.940. The lowest BCUT2D eigenvalue weighted by atomic mass is 10.2. The Balaban J connectivity index is 2.27. The van der Waals surface area contributed by atoms with Crippen LogP contribution in [0.15, 0.2) is 28.9 Å². The predicted molar refractivity (Wildman–Crippen MR) is 59.2 cm³/mol. The molecule has 0 saturated heterocycles. The quantitative estimate of drug-likeness (QED) is 0.890. The molecule has 0 saturated carbocycles. The van der Waals surface area contributed by atoms with Crippen LogP contribution in [0.1, 0.15) is 12.6 Å². The monoisotopic (exact) mass is 238 g/mol. The lowest BCUT2D eigenvalue weighted by Crippen LogP contribution is -2.11. The first-order valence-electron chi connectivity index (χ1n) is 5.32. The summed E-state index contributed by atoms with van der Waals surface area (Å²) in [6.07, 6.45) is 1.43. The van der Waals surface area contributed by atoms with Gasteiger partial charge in [0.25, 0.3) is 0 Å². The van der Waals surface area contributed by atoms with E-state index in [2.05, 4.69) is 10.3 Å². The van der Waals surface area contributed by atoms with E-state index in [1.165, 1.54) is 18.4 Å². The summed E-state index contributed by atoms with van der Waals surface area (Å²) in [6.45, 7) is 3.31. The normalized spacial score (nSPS) is 10.8. The summed E-state index contributed by atoms with van der Waals surface area (Å²) in [6, 6.07) is 3.91. The molecule has 0 fully saturated rings. The Morgan fingerprint density at radius 1 is 1.35 bits per heavy atom. The summed E-state index contributed by atoms with van der Waals surface area (Å²) in [5.74, 6) is -1.76. The lowest BCUT2D eigenvalue weighted by Gasteiger charge is -1.98. The highest BCUT2D eigenvalue weighted by molar-refractivity contribution is 5.54. The van der Waals surface area contributed by atoms with E-state index in [0.29, 0.717) is 12.2 Å². The summed E-state index contributed by atoms with van der Waals surface area (Å²) in [5.41, 5.74) is 0.693. The highest BCUT2D eigenvalue weighted by Crippen LogP contribution is 2.23. The van der Waals surface area contributed by atoms with Crippen LogP contribution in [-0.2, 0) is 6.54 Å². The molecule has 2 aromatic rings. The van der Waals surface area contributed by atoms with Gasteiger partial charge in [0.05, 0.1) is 11.3 Å². The Morgan fingerprint density at radius 2 is 2.18 bits per heavy atom. The van der Waals surface area contributed by atoms with Crippen LogP contribution in [0.5, 0.6) is 0 Å². The molecule has 0 spiro atoms. The van der Waals surface area contributed by atoms with Crippen LogP contribution in [0.2, 0.25) is 0 Å². The molecular weight excluding hydrogens is 226 g/mol. The van der Waals surface area contributed by atoms with E-state index in [1.54, 1.807) is 0 Å². The van der Waals surface area contributed by atoms with Gasteiger partial charge in [0.1, 0.15) is 6.26 Å². The third kappa shape index (κ3) is 2.50. The van der Waals surface area contributed by atoms with Crippen molar-refractivity contribution in [2.75, 3.05) is 6.54 Å². The maximum absolute atomic E-state index is 13.5. The van der Waals surface area contributed by atoms with Crippen molar-refractivity contribution in [1.82, 2.24) is 10.3 Å². The van der Waals surface area contributed by atoms with Gasteiger partial charge < -0.3 is 9.73 Å². The minimum absolute atomic E-state index is 0.0350. The van der Waals surface area contributed by atoms with E-state index < -0.39 is 11.6 Å². The smallest absolute Gasteiger partial charge is 0.229 e. The van der Waals surface area contributed by atoms with E-state index in [1.807, 2.05) is 6.92 Å². The van der Waals surface area contributed by atoms with Gasteiger partial charge in [-0.05, 0) is 18.7 Å². The molecule has 1 aromatic heterocycles. The van der Waals surface area contributed by atoms with Crippen LogP contribution in [-0.4, -0.2) is 11.5 Å². The summed E-state index contributed by atoms with van der Waals surface area (Å²) >= 11 is 0. The molecule has 17 heavy (non-hydrogen) atoms. The zero-order chi connectivity index (χ0) is 12.3. The molecule has 3 nitrogen and oxygen atoms in total. The molecule has 0 atom stereocenters. The first kappa shape index (κ1) is 11.7. The molecule has 0 aliphatic rings. The van der Waals surface area contributed by atoms with Crippen LogP contribution in [0, 0.1) is 11.6 Å². The van der Waals surface area contributed by atoms with Crippen molar-refractivity contribution in [3.63, 3.8) is 0 Å². The Labute approximate surface area is 97.5 Å². The number of nitrogens with one attached hydrogen (secondary N) is 1. The predicted octanol–water partition coefficient (Wildman–Crippen LogP) is 2.73. The second-order valence-corrected chi connectivity index (χ2v) is 3.53. The number of benzene rings is 1. The molecule has 1 aromatic carbocycles. The summed E-state index contributed by atoms with van der Waals surface area (Å²) in [4.78, 5) is 4.08. The van der Waals surface area contributed by atoms with Gasteiger partial charge in [0.15, 0.2) is 11.6 Å². The number of hydrogen-bond acceptors (Lipinski definition) is 3. The maximum Gasteiger partial charge on any atom is 0.229 e. The van der Waals surface area contributed by atoms with Crippen molar-refractivity contribution in [1.29, 1.82) is 0 Å². The van der Waals surface area contributed by atoms with Crippen LogP contribution in [0.4, 0.5) is 8.78 Å². The molecule has 5 heteroatoms. The van der Waals surface area contributed by atoms with Gasteiger partial charge in [-0.2, -0.15) is 0 Å². The van der Waals surface area contributed by atoms with Crippen LogP contribution in [0.25, 0.3) is 11.5 Å². The molecule has 0 unspecified atom stereocenters. The first-order valence-corrected chi connectivity index (χ1v) is 5.32. The van der Waals surface area contributed by atoms with Crippen molar-refractivity contribution in [3.8, 4) is 11.5 Å². The Hall–Kier alpha value is -1.75. The average molecular weight is 238 g/mol. The Morgan fingerprint density at radius 3 is 2.94 bits per heavy atom. The fourth-order valence-corrected chi connectivity index (χ4v) is 1.43. The topological polar surface area (TPSA) is 38.1 Å². The van der Waals surface area contributed by atoms with Crippen molar-refractivity contribution < 1.29 is 13.2 Å². The highest BCUT2D eigenvalue weighted by atomic mass is 19.2. The second-order valence-electron chi connectivity index (χ2n) is 3.53.